The Balaban J connectivity index is 1.69. The number of aryl methyl sites for hydroxylation is 1. The van der Waals surface area contributed by atoms with E-state index in [9.17, 15) is 13.2 Å². The van der Waals surface area contributed by atoms with Gasteiger partial charge in [-0.25, -0.2) is 12.8 Å². The summed E-state index contributed by atoms with van der Waals surface area (Å²) in [6.07, 6.45) is 4.71. The van der Waals surface area contributed by atoms with Crippen molar-refractivity contribution in [2.24, 2.45) is 4.40 Å². The molecular formula is C31H33FN2O6S. The third-order valence-corrected chi connectivity index (χ3v) is 8.41. The second-order valence-electron chi connectivity index (χ2n) is 10.4. The first-order chi connectivity index (χ1) is 19.4. The average molecular weight is 581 g/mol. The van der Waals surface area contributed by atoms with Crippen LogP contribution in [0.2, 0.25) is 0 Å². The van der Waals surface area contributed by atoms with E-state index in [0.717, 1.165) is 29.1 Å². The summed E-state index contributed by atoms with van der Waals surface area (Å²) < 4.78 is 60.0. The Labute approximate surface area is 239 Å². The molecule has 0 spiro atoms. The van der Waals surface area contributed by atoms with E-state index in [2.05, 4.69) is 9.38 Å². The van der Waals surface area contributed by atoms with Crippen molar-refractivity contribution < 1.29 is 31.5 Å². The summed E-state index contributed by atoms with van der Waals surface area (Å²) in [6, 6.07) is 12.6. The van der Waals surface area contributed by atoms with Crippen molar-refractivity contribution in [3.63, 3.8) is 0 Å². The molecule has 0 radical (unpaired) electrons. The monoisotopic (exact) mass is 580 g/mol. The zero-order valence-electron chi connectivity index (χ0n) is 23.7. The maximum absolute atomic E-state index is 15.7. The molecule has 0 amide bonds. The molecule has 216 valence electrons. The van der Waals surface area contributed by atoms with Gasteiger partial charge in [-0.2, -0.15) is 4.40 Å². The van der Waals surface area contributed by atoms with Crippen LogP contribution in [-0.4, -0.2) is 36.9 Å². The number of furan rings is 1. The van der Waals surface area contributed by atoms with Crippen LogP contribution in [0.4, 0.5) is 4.39 Å². The molecule has 0 unspecified atom stereocenters. The van der Waals surface area contributed by atoms with Crippen molar-refractivity contribution in [2.45, 2.75) is 58.8 Å². The van der Waals surface area contributed by atoms with Crippen LogP contribution in [-0.2, 0) is 39.0 Å². The van der Waals surface area contributed by atoms with E-state index >= 15 is 4.39 Å². The van der Waals surface area contributed by atoms with Gasteiger partial charge in [0.25, 0.3) is 10.0 Å². The summed E-state index contributed by atoms with van der Waals surface area (Å²) in [5.74, 6) is -0.505. The highest BCUT2D eigenvalue weighted by atomic mass is 32.2. The molecule has 2 aromatic carbocycles. The fourth-order valence-electron chi connectivity index (χ4n) is 4.09. The summed E-state index contributed by atoms with van der Waals surface area (Å²) in [5, 5.41) is 0.733. The molecular weight excluding hydrogens is 547 g/mol. The van der Waals surface area contributed by atoms with Crippen molar-refractivity contribution in [1.29, 1.82) is 0 Å². The molecule has 2 heterocycles. The smallest absolute Gasteiger partial charge is 0.310 e. The summed E-state index contributed by atoms with van der Waals surface area (Å²) in [6.45, 7) is 8.76. The van der Waals surface area contributed by atoms with Gasteiger partial charge >= 0.3 is 5.97 Å². The minimum Gasteiger partial charge on any atom is -0.489 e. The quantitative estimate of drug-likeness (QED) is 0.157. The number of ether oxygens (including phenoxy) is 2. The van der Waals surface area contributed by atoms with Gasteiger partial charge in [0.15, 0.2) is 5.82 Å². The number of halogens is 1. The topological polar surface area (TPSA) is 108 Å². The maximum atomic E-state index is 15.7. The predicted octanol–water partition coefficient (Wildman–Crippen LogP) is 6.43. The molecule has 4 rings (SSSR count). The fraction of sp³-hybridized carbons (Fsp3) is 0.323. The van der Waals surface area contributed by atoms with Crippen LogP contribution in [0.5, 0.6) is 5.75 Å². The zero-order chi connectivity index (χ0) is 29.8. The van der Waals surface area contributed by atoms with Gasteiger partial charge in [0, 0.05) is 28.3 Å². The lowest BCUT2D eigenvalue weighted by atomic mass is 10.00. The number of carbonyl (C=O) groups excluding carboxylic acids is 1. The Morgan fingerprint density at radius 3 is 2.56 bits per heavy atom. The van der Waals surface area contributed by atoms with Crippen molar-refractivity contribution in [2.75, 3.05) is 6.61 Å². The van der Waals surface area contributed by atoms with Gasteiger partial charge in [-0.3, -0.25) is 9.78 Å². The highest BCUT2D eigenvalue weighted by Crippen LogP contribution is 2.34. The average Bonchev–Trinajstić information content (AvgIpc) is 3.40. The number of benzene rings is 2. The van der Waals surface area contributed by atoms with E-state index in [1.807, 2.05) is 31.2 Å². The van der Waals surface area contributed by atoms with Crippen molar-refractivity contribution in [1.82, 2.24) is 4.98 Å². The molecule has 0 aliphatic rings. The summed E-state index contributed by atoms with van der Waals surface area (Å²) in [5.41, 5.74) is 3.37. The van der Waals surface area contributed by atoms with Crippen LogP contribution in [0.3, 0.4) is 0 Å². The van der Waals surface area contributed by atoms with Crippen LogP contribution < -0.4 is 4.74 Å². The Hall–Kier alpha value is -4.05. The highest BCUT2D eigenvalue weighted by molar-refractivity contribution is 7.91. The lowest BCUT2D eigenvalue weighted by molar-refractivity contribution is -0.142. The van der Waals surface area contributed by atoms with Crippen molar-refractivity contribution in [3.8, 4) is 16.9 Å². The second-order valence-corrected chi connectivity index (χ2v) is 12.8. The molecule has 4 aromatic rings. The molecule has 2 aromatic heterocycles. The third kappa shape index (κ3) is 6.82. The van der Waals surface area contributed by atoms with Gasteiger partial charge in [-0.15, -0.1) is 0 Å². The van der Waals surface area contributed by atoms with Crippen LogP contribution in [0.1, 0.15) is 57.0 Å². The largest absolute Gasteiger partial charge is 0.489 e. The third-order valence-electron chi connectivity index (χ3n) is 6.48. The standard InChI is InChI=1S/C31H33FN2O6S/c1-6-20-8-9-22(17-28(35)38-7-2)27(16-20)40-19-21-14-23-11-13-39-30(23)25(15-21)24-10-12-33-26(29(24)32)18-34-41(36,37)31(3,4)5/h8-16,18H,6-7,17,19H2,1-5H3. The number of hydrogen-bond acceptors (Lipinski definition) is 7. The number of hydrogen-bond donors (Lipinski definition) is 0. The maximum Gasteiger partial charge on any atom is 0.310 e. The second kappa shape index (κ2) is 12.2. The van der Waals surface area contributed by atoms with Gasteiger partial charge in [0.1, 0.15) is 23.6 Å². The van der Waals surface area contributed by atoms with Gasteiger partial charge in [0.2, 0.25) is 0 Å². The van der Waals surface area contributed by atoms with E-state index < -0.39 is 20.6 Å². The SMILES string of the molecule is CCOC(=O)Cc1ccc(CC)cc1OCc1cc(-c2ccnc(C=NS(=O)(=O)C(C)(C)C)c2F)c2occc2c1. The molecule has 0 fully saturated rings. The molecule has 0 bridgehead atoms. The number of pyridine rings is 1. The number of rotatable bonds is 10. The zero-order valence-corrected chi connectivity index (χ0v) is 24.5. The van der Waals surface area contributed by atoms with Gasteiger partial charge in [-0.05, 0) is 75.6 Å². The molecule has 0 saturated heterocycles. The minimum atomic E-state index is -3.88. The van der Waals surface area contributed by atoms with Crippen LogP contribution in [0.15, 0.2) is 63.7 Å². The van der Waals surface area contributed by atoms with Crippen molar-refractivity contribution >= 4 is 33.2 Å². The number of nitrogens with zero attached hydrogens (tertiary/aromatic N) is 2. The number of aromatic nitrogens is 1. The van der Waals surface area contributed by atoms with Crippen LogP contribution in [0, 0.1) is 5.82 Å². The van der Waals surface area contributed by atoms with E-state index in [1.165, 1.54) is 39.3 Å². The summed E-state index contributed by atoms with van der Waals surface area (Å²) >= 11 is 0. The van der Waals surface area contributed by atoms with Gasteiger partial charge in [-0.1, -0.05) is 19.1 Å². The summed E-state index contributed by atoms with van der Waals surface area (Å²) in [4.78, 5) is 16.1. The number of sulfonamides is 1. The Morgan fingerprint density at radius 2 is 1.85 bits per heavy atom. The first-order valence-corrected chi connectivity index (χ1v) is 14.7. The van der Waals surface area contributed by atoms with Gasteiger partial charge in [0.05, 0.1) is 30.3 Å². The van der Waals surface area contributed by atoms with E-state index in [4.69, 9.17) is 13.9 Å². The predicted molar refractivity (Wildman–Crippen MR) is 156 cm³/mol. The van der Waals surface area contributed by atoms with Gasteiger partial charge < -0.3 is 13.9 Å². The Morgan fingerprint density at radius 1 is 1.07 bits per heavy atom. The van der Waals surface area contributed by atoms with E-state index in [1.54, 1.807) is 19.1 Å². The Kier molecular flexibility index (Phi) is 8.92. The number of esters is 1. The fourth-order valence-corrected chi connectivity index (χ4v) is 4.65. The lowest BCUT2D eigenvalue weighted by Gasteiger charge is -2.15. The molecule has 0 saturated carbocycles. The highest BCUT2D eigenvalue weighted by Gasteiger charge is 2.28. The minimum absolute atomic E-state index is 0.0800. The van der Waals surface area contributed by atoms with Crippen molar-refractivity contribution in [3.05, 3.63) is 83.1 Å². The normalized spacial score (nSPS) is 12.2. The van der Waals surface area contributed by atoms with E-state index in [-0.39, 0.29) is 30.3 Å². The molecule has 0 atom stereocenters. The Bertz CT molecular complexity index is 1700. The number of carbonyl (C=O) groups is 1. The molecule has 0 N–H and O–H groups in total. The molecule has 0 aliphatic carbocycles. The van der Waals surface area contributed by atoms with E-state index in [0.29, 0.717) is 29.1 Å². The first kappa shape index (κ1) is 29.9. The first-order valence-electron chi connectivity index (χ1n) is 13.3. The summed E-state index contributed by atoms with van der Waals surface area (Å²) in [7, 11) is -3.88. The lowest BCUT2D eigenvalue weighted by Crippen LogP contribution is -2.25. The molecule has 0 aliphatic heterocycles. The van der Waals surface area contributed by atoms with Crippen LogP contribution in [0.25, 0.3) is 22.1 Å². The molecule has 10 heteroatoms. The van der Waals surface area contributed by atoms with Crippen LogP contribution >= 0.6 is 0 Å². The number of fused-ring (bicyclic) bond motifs is 1. The molecule has 8 nitrogen and oxygen atoms in total. The molecule has 41 heavy (non-hydrogen) atoms.